The van der Waals surface area contributed by atoms with Gasteiger partial charge in [-0.1, -0.05) is 13.8 Å². The zero-order valence-corrected chi connectivity index (χ0v) is 12.0. The minimum Gasteiger partial charge on any atom is -0.478 e. The average Bonchev–Trinajstić information content (AvgIpc) is 2.34. The summed E-state index contributed by atoms with van der Waals surface area (Å²) in [5.74, 6) is -0.777. The van der Waals surface area contributed by atoms with Crippen LogP contribution < -0.4 is 9.44 Å². The van der Waals surface area contributed by atoms with Gasteiger partial charge < -0.3 is 5.11 Å². The second-order valence-electron chi connectivity index (χ2n) is 4.49. The molecule has 0 unspecified atom stereocenters. The highest BCUT2D eigenvalue weighted by Gasteiger charge is 2.10. The Hall–Kier alpha value is -1.93. The van der Waals surface area contributed by atoms with Gasteiger partial charge in [-0.15, -0.1) is 0 Å². The molecule has 0 fully saturated rings. The summed E-state index contributed by atoms with van der Waals surface area (Å²) in [6.45, 7) is 4.09. The third-order valence-corrected chi connectivity index (χ3v) is 3.15. The fourth-order valence-electron chi connectivity index (χ4n) is 1.22. The second kappa shape index (κ2) is 7.01. The fourth-order valence-corrected chi connectivity index (χ4v) is 2.24. The smallest absolute Gasteiger partial charge is 0.328 e. The Labute approximate surface area is 117 Å². The van der Waals surface area contributed by atoms with E-state index in [1.54, 1.807) is 6.07 Å². The minimum atomic E-state index is -3.68. The first-order chi connectivity index (χ1) is 9.28. The standard InChI is InChI=1S/C12H17N3O4S/c1-9(2)8-14-20(18,19)15-11-7-10(5-6-13-11)3-4-12(16)17/h3-7,9,14H,8H2,1-2H3,(H,13,15)(H,16,17)/b4-3+. The van der Waals surface area contributed by atoms with Crippen LogP contribution in [0.3, 0.4) is 0 Å². The Morgan fingerprint density at radius 3 is 2.80 bits per heavy atom. The summed E-state index contributed by atoms with van der Waals surface area (Å²) in [6, 6.07) is 3.01. The summed E-state index contributed by atoms with van der Waals surface area (Å²) < 4.78 is 28.1. The molecule has 3 N–H and O–H groups in total. The molecular weight excluding hydrogens is 282 g/mol. The van der Waals surface area contributed by atoms with E-state index < -0.39 is 16.2 Å². The molecule has 0 aliphatic heterocycles. The molecule has 0 aliphatic carbocycles. The largest absolute Gasteiger partial charge is 0.478 e. The summed E-state index contributed by atoms with van der Waals surface area (Å²) in [5, 5.41) is 8.53. The molecule has 0 amide bonds. The summed E-state index contributed by atoms with van der Waals surface area (Å²) in [4.78, 5) is 14.3. The molecule has 8 heteroatoms. The van der Waals surface area contributed by atoms with Gasteiger partial charge in [-0.3, -0.25) is 4.72 Å². The van der Waals surface area contributed by atoms with Crippen molar-refractivity contribution in [3.05, 3.63) is 30.0 Å². The van der Waals surface area contributed by atoms with E-state index in [4.69, 9.17) is 5.11 Å². The van der Waals surface area contributed by atoms with Crippen molar-refractivity contribution in [3.63, 3.8) is 0 Å². The number of rotatable bonds is 7. The van der Waals surface area contributed by atoms with Gasteiger partial charge in [-0.05, 0) is 29.7 Å². The highest BCUT2D eigenvalue weighted by Crippen LogP contribution is 2.09. The van der Waals surface area contributed by atoms with Crippen LogP contribution in [0.4, 0.5) is 5.82 Å². The van der Waals surface area contributed by atoms with E-state index in [0.717, 1.165) is 6.08 Å². The average molecular weight is 299 g/mol. The number of aromatic nitrogens is 1. The van der Waals surface area contributed by atoms with Gasteiger partial charge in [-0.2, -0.15) is 13.1 Å². The molecule has 0 bridgehead atoms. The topological polar surface area (TPSA) is 108 Å². The minimum absolute atomic E-state index is 0.119. The van der Waals surface area contributed by atoms with Gasteiger partial charge in [0, 0.05) is 18.8 Å². The number of nitrogens with one attached hydrogen (secondary N) is 2. The molecule has 1 aromatic heterocycles. The third kappa shape index (κ3) is 6.30. The van der Waals surface area contributed by atoms with Gasteiger partial charge in [0.05, 0.1) is 0 Å². The Morgan fingerprint density at radius 2 is 2.20 bits per heavy atom. The number of pyridine rings is 1. The van der Waals surface area contributed by atoms with Crippen molar-refractivity contribution in [2.75, 3.05) is 11.3 Å². The van der Waals surface area contributed by atoms with E-state index >= 15 is 0 Å². The van der Waals surface area contributed by atoms with E-state index in [0.29, 0.717) is 12.1 Å². The molecule has 7 nitrogen and oxygen atoms in total. The van der Waals surface area contributed by atoms with Gasteiger partial charge in [0.1, 0.15) is 5.82 Å². The van der Waals surface area contributed by atoms with Crippen LogP contribution in [-0.4, -0.2) is 31.0 Å². The van der Waals surface area contributed by atoms with Crippen molar-refractivity contribution in [1.29, 1.82) is 0 Å². The fraction of sp³-hybridized carbons (Fsp3) is 0.333. The predicted molar refractivity (Wildman–Crippen MR) is 76.3 cm³/mol. The van der Waals surface area contributed by atoms with E-state index in [1.165, 1.54) is 18.3 Å². The van der Waals surface area contributed by atoms with Gasteiger partial charge in [-0.25, -0.2) is 9.78 Å². The van der Waals surface area contributed by atoms with E-state index in [2.05, 4.69) is 14.4 Å². The summed E-state index contributed by atoms with van der Waals surface area (Å²) in [5.41, 5.74) is 0.531. The van der Waals surface area contributed by atoms with Crippen molar-refractivity contribution in [3.8, 4) is 0 Å². The molecule has 20 heavy (non-hydrogen) atoms. The lowest BCUT2D eigenvalue weighted by atomic mass is 10.2. The van der Waals surface area contributed by atoms with Crippen molar-refractivity contribution in [2.45, 2.75) is 13.8 Å². The monoisotopic (exact) mass is 299 g/mol. The Balaban J connectivity index is 2.78. The number of nitrogens with zero attached hydrogens (tertiary/aromatic N) is 1. The highest BCUT2D eigenvalue weighted by molar-refractivity contribution is 7.90. The van der Waals surface area contributed by atoms with Crippen LogP contribution in [0.25, 0.3) is 6.08 Å². The zero-order chi connectivity index (χ0) is 15.2. The quantitative estimate of drug-likeness (QED) is 0.653. The SMILES string of the molecule is CC(C)CNS(=O)(=O)Nc1cc(/C=C/C(=O)O)ccn1. The Morgan fingerprint density at radius 1 is 1.50 bits per heavy atom. The first-order valence-electron chi connectivity index (χ1n) is 5.93. The van der Waals surface area contributed by atoms with Crippen molar-refractivity contribution in [1.82, 2.24) is 9.71 Å². The molecule has 0 aliphatic rings. The Bertz CT molecular complexity index is 596. The maximum absolute atomic E-state index is 11.7. The van der Waals surface area contributed by atoms with Crippen molar-refractivity contribution < 1.29 is 18.3 Å². The highest BCUT2D eigenvalue weighted by atomic mass is 32.2. The number of carbonyl (C=O) groups is 1. The van der Waals surface area contributed by atoms with Gasteiger partial charge in [0.25, 0.3) is 10.2 Å². The van der Waals surface area contributed by atoms with Crippen molar-refractivity contribution in [2.24, 2.45) is 5.92 Å². The van der Waals surface area contributed by atoms with Crippen LogP contribution >= 0.6 is 0 Å². The number of carboxylic acids is 1. The molecule has 0 saturated heterocycles. The lowest BCUT2D eigenvalue weighted by Gasteiger charge is -2.10. The lowest BCUT2D eigenvalue weighted by molar-refractivity contribution is -0.131. The summed E-state index contributed by atoms with van der Waals surface area (Å²) >= 11 is 0. The van der Waals surface area contributed by atoms with Crippen LogP contribution in [0.2, 0.25) is 0 Å². The van der Waals surface area contributed by atoms with Crippen LogP contribution in [0.1, 0.15) is 19.4 Å². The molecule has 1 aromatic rings. The molecule has 0 aromatic carbocycles. The number of aliphatic carboxylic acids is 1. The van der Waals surface area contributed by atoms with Crippen LogP contribution in [0.5, 0.6) is 0 Å². The van der Waals surface area contributed by atoms with E-state index in [-0.39, 0.29) is 11.7 Å². The van der Waals surface area contributed by atoms with Crippen molar-refractivity contribution >= 4 is 28.1 Å². The normalized spacial score (nSPS) is 11.9. The van der Waals surface area contributed by atoms with Crippen LogP contribution in [0.15, 0.2) is 24.4 Å². The first kappa shape index (κ1) is 16.1. The molecule has 0 atom stereocenters. The molecule has 1 rings (SSSR count). The number of anilines is 1. The maximum atomic E-state index is 11.7. The summed E-state index contributed by atoms with van der Waals surface area (Å²) in [6.07, 6.45) is 3.70. The predicted octanol–water partition coefficient (Wildman–Crippen LogP) is 1.08. The zero-order valence-electron chi connectivity index (χ0n) is 11.2. The van der Waals surface area contributed by atoms with Crippen LogP contribution in [-0.2, 0) is 15.0 Å². The number of hydrogen-bond donors (Lipinski definition) is 3. The van der Waals surface area contributed by atoms with Crippen LogP contribution in [0, 0.1) is 5.92 Å². The molecular formula is C12H17N3O4S. The van der Waals surface area contributed by atoms with E-state index in [9.17, 15) is 13.2 Å². The Kier molecular flexibility index (Phi) is 5.66. The molecule has 0 radical (unpaired) electrons. The van der Waals surface area contributed by atoms with E-state index in [1.807, 2.05) is 13.8 Å². The second-order valence-corrected chi connectivity index (χ2v) is 5.99. The lowest BCUT2D eigenvalue weighted by Crippen LogP contribution is -2.33. The molecule has 0 spiro atoms. The first-order valence-corrected chi connectivity index (χ1v) is 7.41. The third-order valence-electron chi connectivity index (χ3n) is 2.12. The number of carboxylic acid groups (broad SMARTS) is 1. The maximum Gasteiger partial charge on any atom is 0.328 e. The number of hydrogen-bond acceptors (Lipinski definition) is 4. The van der Waals surface area contributed by atoms with Gasteiger partial charge in [0.15, 0.2) is 0 Å². The molecule has 0 saturated carbocycles. The molecule has 110 valence electrons. The summed E-state index contributed by atoms with van der Waals surface area (Å²) in [7, 11) is -3.68. The van der Waals surface area contributed by atoms with Gasteiger partial charge in [0.2, 0.25) is 0 Å². The molecule has 1 heterocycles. The van der Waals surface area contributed by atoms with Gasteiger partial charge >= 0.3 is 5.97 Å².